The van der Waals surface area contributed by atoms with Gasteiger partial charge in [-0.1, -0.05) is 25.5 Å². The van der Waals surface area contributed by atoms with E-state index in [0.29, 0.717) is 17.3 Å². The third-order valence-corrected chi connectivity index (χ3v) is 6.46. The van der Waals surface area contributed by atoms with E-state index in [2.05, 4.69) is 12.2 Å². The zero-order chi connectivity index (χ0) is 20.1. The van der Waals surface area contributed by atoms with Crippen molar-refractivity contribution in [2.45, 2.75) is 52.2 Å². The molecule has 5 nitrogen and oxygen atoms in total. The fourth-order valence-electron chi connectivity index (χ4n) is 3.40. The Morgan fingerprint density at radius 1 is 1.29 bits per heavy atom. The summed E-state index contributed by atoms with van der Waals surface area (Å²) in [5.41, 5.74) is 2.22. The summed E-state index contributed by atoms with van der Waals surface area (Å²) >= 11 is 1.51. The van der Waals surface area contributed by atoms with E-state index in [-0.39, 0.29) is 5.91 Å². The van der Waals surface area contributed by atoms with Crippen molar-refractivity contribution in [3.63, 3.8) is 0 Å². The highest BCUT2D eigenvalue weighted by atomic mass is 32.1. The number of carbonyl (C=O) groups is 2. The van der Waals surface area contributed by atoms with Gasteiger partial charge in [0.2, 0.25) is 0 Å². The summed E-state index contributed by atoms with van der Waals surface area (Å²) in [6.07, 6.45) is 3.58. The molecule has 150 valence electrons. The average molecular weight is 402 g/mol. The average Bonchev–Trinajstić information content (AvgIpc) is 3.15. The largest absolute Gasteiger partial charge is 0.497 e. The van der Waals surface area contributed by atoms with E-state index in [0.717, 1.165) is 24.2 Å². The number of aryl methyl sites for hydroxylation is 1. The van der Waals surface area contributed by atoms with Crippen LogP contribution in [0.2, 0.25) is 0 Å². The first-order chi connectivity index (χ1) is 13.5. The molecule has 28 heavy (non-hydrogen) atoms. The number of fused-ring (bicyclic) bond motifs is 1. The highest BCUT2D eigenvalue weighted by Crippen LogP contribution is 2.33. The van der Waals surface area contributed by atoms with Crippen molar-refractivity contribution < 1.29 is 19.1 Å². The maximum Gasteiger partial charge on any atom is 0.349 e. The van der Waals surface area contributed by atoms with Crippen LogP contribution in [0.4, 0.5) is 0 Å². The number of ether oxygens (including phenoxy) is 2. The summed E-state index contributed by atoms with van der Waals surface area (Å²) in [6, 6.07) is 9.40. The predicted octanol–water partition coefficient (Wildman–Crippen LogP) is 4.13. The van der Waals surface area contributed by atoms with Gasteiger partial charge in [0.1, 0.15) is 10.6 Å². The predicted molar refractivity (Wildman–Crippen MR) is 110 cm³/mol. The van der Waals surface area contributed by atoms with Gasteiger partial charge in [0.25, 0.3) is 5.91 Å². The van der Waals surface area contributed by atoms with Crippen molar-refractivity contribution in [3.8, 4) is 5.75 Å². The molecule has 1 aliphatic rings. The Morgan fingerprint density at radius 3 is 2.71 bits per heavy atom. The molecule has 2 aromatic rings. The highest BCUT2D eigenvalue weighted by Gasteiger charge is 2.24. The lowest BCUT2D eigenvalue weighted by atomic mass is 9.87. The zero-order valence-corrected chi connectivity index (χ0v) is 17.4. The van der Waals surface area contributed by atoms with Crippen molar-refractivity contribution in [3.05, 3.63) is 51.2 Å². The molecule has 0 bridgehead atoms. The monoisotopic (exact) mass is 401 g/mol. The molecule has 2 atom stereocenters. The number of hydrogen-bond donors (Lipinski definition) is 1. The van der Waals surface area contributed by atoms with Gasteiger partial charge >= 0.3 is 5.97 Å². The molecule has 0 saturated heterocycles. The van der Waals surface area contributed by atoms with Crippen LogP contribution in [-0.2, 0) is 28.9 Å². The molecule has 0 radical (unpaired) electrons. The number of carbonyl (C=O) groups excluding carboxylic acids is 2. The molecule has 0 aliphatic heterocycles. The minimum atomic E-state index is -0.840. The van der Waals surface area contributed by atoms with E-state index in [1.54, 1.807) is 14.0 Å². The van der Waals surface area contributed by atoms with Crippen LogP contribution in [0.5, 0.6) is 5.75 Å². The van der Waals surface area contributed by atoms with Crippen molar-refractivity contribution in [2.75, 3.05) is 7.11 Å². The molecular weight excluding hydrogens is 374 g/mol. The zero-order valence-electron chi connectivity index (χ0n) is 16.6. The number of thiophene rings is 1. The smallest absolute Gasteiger partial charge is 0.349 e. The minimum absolute atomic E-state index is 0.309. The van der Waals surface area contributed by atoms with Gasteiger partial charge in [-0.05, 0) is 61.4 Å². The molecule has 0 spiro atoms. The molecule has 1 heterocycles. The molecule has 0 fully saturated rings. The van der Waals surface area contributed by atoms with Gasteiger partial charge in [-0.2, -0.15) is 0 Å². The van der Waals surface area contributed by atoms with Crippen LogP contribution in [0.15, 0.2) is 30.3 Å². The molecule has 1 N–H and O–H groups in total. The number of amides is 1. The third-order valence-electron chi connectivity index (χ3n) is 5.24. The standard InChI is InChI=1S/C22H27NO4S/c1-4-15-7-10-19-17(11-15)12-20(28-19)22(25)27-14(2)21(24)23-13-16-5-8-18(26-3)9-6-16/h5-6,8-9,12,14-15H,4,7,10-11,13H2,1-3H3,(H,23,24)/t14-,15+/m0/s1. The number of methoxy groups -OCH3 is 1. The van der Waals surface area contributed by atoms with E-state index >= 15 is 0 Å². The van der Waals surface area contributed by atoms with Gasteiger partial charge in [0, 0.05) is 11.4 Å². The second kappa shape index (κ2) is 9.24. The quantitative estimate of drug-likeness (QED) is 0.709. The van der Waals surface area contributed by atoms with E-state index in [4.69, 9.17) is 9.47 Å². The first-order valence-electron chi connectivity index (χ1n) is 9.73. The fraction of sp³-hybridized carbons (Fsp3) is 0.455. The summed E-state index contributed by atoms with van der Waals surface area (Å²) in [6.45, 7) is 4.18. The van der Waals surface area contributed by atoms with Gasteiger partial charge in [-0.3, -0.25) is 4.79 Å². The van der Waals surface area contributed by atoms with E-state index in [9.17, 15) is 9.59 Å². The lowest BCUT2D eigenvalue weighted by molar-refractivity contribution is -0.129. The summed E-state index contributed by atoms with van der Waals surface area (Å²) in [4.78, 5) is 26.6. The summed E-state index contributed by atoms with van der Waals surface area (Å²) in [5, 5.41) is 2.80. The Balaban J connectivity index is 1.52. The highest BCUT2D eigenvalue weighted by molar-refractivity contribution is 7.14. The van der Waals surface area contributed by atoms with Crippen molar-refractivity contribution >= 4 is 23.2 Å². The number of hydrogen-bond acceptors (Lipinski definition) is 5. The van der Waals surface area contributed by atoms with Gasteiger partial charge in [0.05, 0.1) is 7.11 Å². The second-order valence-corrected chi connectivity index (χ2v) is 8.33. The summed E-state index contributed by atoms with van der Waals surface area (Å²) in [5.74, 6) is 0.742. The molecule has 1 aromatic heterocycles. The molecule has 1 amide bonds. The Hall–Kier alpha value is -2.34. The Morgan fingerprint density at radius 2 is 2.04 bits per heavy atom. The number of nitrogens with one attached hydrogen (secondary N) is 1. The van der Waals surface area contributed by atoms with Gasteiger partial charge < -0.3 is 14.8 Å². The molecular formula is C22H27NO4S. The van der Waals surface area contributed by atoms with E-state index < -0.39 is 12.1 Å². The van der Waals surface area contributed by atoms with Crippen LogP contribution in [-0.4, -0.2) is 25.1 Å². The summed E-state index contributed by atoms with van der Waals surface area (Å²) < 4.78 is 10.5. The van der Waals surface area contributed by atoms with E-state index in [1.165, 1.54) is 34.6 Å². The van der Waals surface area contributed by atoms with Gasteiger partial charge in [0.15, 0.2) is 6.10 Å². The van der Waals surface area contributed by atoms with Crippen LogP contribution in [0, 0.1) is 5.92 Å². The maximum atomic E-state index is 12.5. The van der Waals surface area contributed by atoms with Gasteiger partial charge in [-0.15, -0.1) is 11.3 Å². The topological polar surface area (TPSA) is 64.6 Å². The number of rotatable bonds is 7. The first kappa shape index (κ1) is 20.4. The summed E-state index contributed by atoms with van der Waals surface area (Å²) in [7, 11) is 1.61. The SMILES string of the molecule is CC[C@@H]1CCc2sc(C(=O)O[C@@H](C)C(=O)NCc3ccc(OC)cc3)cc2C1. The lowest BCUT2D eigenvalue weighted by Gasteiger charge is -2.19. The molecule has 6 heteroatoms. The second-order valence-electron chi connectivity index (χ2n) is 7.19. The molecule has 1 aromatic carbocycles. The Kier molecular flexibility index (Phi) is 6.73. The van der Waals surface area contributed by atoms with Crippen LogP contribution in [0.25, 0.3) is 0 Å². The molecule has 0 unspecified atom stereocenters. The number of esters is 1. The Bertz CT molecular complexity index is 828. The normalized spacial score (nSPS) is 16.8. The molecule has 1 aliphatic carbocycles. The molecule has 0 saturated carbocycles. The van der Waals surface area contributed by atoms with Crippen molar-refractivity contribution in [1.29, 1.82) is 0 Å². The fourth-order valence-corrected chi connectivity index (χ4v) is 4.49. The molecule has 3 rings (SSSR count). The van der Waals surface area contributed by atoms with Crippen LogP contribution < -0.4 is 10.1 Å². The van der Waals surface area contributed by atoms with Crippen molar-refractivity contribution in [1.82, 2.24) is 5.32 Å². The Labute approximate surface area is 170 Å². The van der Waals surface area contributed by atoms with Crippen molar-refractivity contribution in [2.24, 2.45) is 5.92 Å². The minimum Gasteiger partial charge on any atom is -0.497 e. The van der Waals surface area contributed by atoms with Crippen LogP contribution >= 0.6 is 11.3 Å². The van der Waals surface area contributed by atoms with E-state index in [1.807, 2.05) is 30.3 Å². The van der Waals surface area contributed by atoms with Gasteiger partial charge in [-0.25, -0.2) is 4.79 Å². The first-order valence-corrected chi connectivity index (χ1v) is 10.5. The third kappa shape index (κ3) is 4.93. The lowest BCUT2D eigenvalue weighted by Crippen LogP contribution is -2.35. The van der Waals surface area contributed by atoms with Crippen LogP contribution in [0.1, 0.15) is 52.4 Å². The van der Waals surface area contributed by atoms with Crippen LogP contribution in [0.3, 0.4) is 0 Å². The maximum absolute atomic E-state index is 12.5. The number of benzene rings is 1.